The number of nitrogens with zero attached hydrogens (tertiary/aromatic N) is 2. The highest BCUT2D eigenvalue weighted by atomic mass is 32.1. The van der Waals surface area contributed by atoms with Crippen LogP contribution in [0.4, 0.5) is 0 Å². The van der Waals surface area contributed by atoms with Crippen molar-refractivity contribution in [1.82, 2.24) is 4.98 Å². The second-order valence-corrected chi connectivity index (χ2v) is 6.35. The Kier molecular flexibility index (Phi) is 2.63. The third-order valence-electron chi connectivity index (χ3n) is 4.17. The molecule has 2 aromatic rings. The number of rotatable bonds is 1. The monoisotopic (exact) mass is 300 g/mol. The molecule has 21 heavy (non-hydrogen) atoms. The second-order valence-electron chi connectivity index (χ2n) is 5.46. The van der Waals surface area contributed by atoms with Gasteiger partial charge in [-0.05, 0) is 18.9 Å². The van der Waals surface area contributed by atoms with Gasteiger partial charge in [-0.2, -0.15) is 0 Å². The van der Waals surface area contributed by atoms with Crippen molar-refractivity contribution in [2.75, 3.05) is 0 Å². The molecule has 1 spiro atoms. The maximum Gasteiger partial charge on any atom is 0.251 e. The molecule has 0 unspecified atom stereocenters. The minimum Gasteiger partial charge on any atom is -0.448 e. The summed E-state index contributed by atoms with van der Waals surface area (Å²) >= 11 is 1.61. The summed E-state index contributed by atoms with van der Waals surface area (Å²) in [6, 6.07) is 4.07. The first-order chi connectivity index (χ1) is 9.83. The van der Waals surface area contributed by atoms with Crippen LogP contribution >= 0.6 is 11.3 Å². The Morgan fingerprint density at radius 2 is 1.86 bits per heavy atom. The normalized spacial score (nSPS) is 19.7. The van der Waals surface area contributed by atoms with Crippen molar-refractivity contribution in [2.45, 2.75) is 38.9 Å². The van der Waals surface area contributed by atoms with Gasteiger partial charge < -0.3 is 9.47 Å². The summed E-state index contributed by atoms with van der Waals surface area (Å²) in [5.41, 5.74) is 2.84. The zero-order valence-corrected chi connectivity index (χ0v) is 11.6. The molecule has 3 heterocycles. The third-order valence-corrected chi connectivity index (χ3v) is 4.95. The van der Waals surface area contributed by atoms with Gasteiger partial charge in [0.15, 0.2) is 11.5 Å². The Bertz CT molecular complexity index is 821. The van der Waals surface area contributed by atoms with E-state index in [0.717, 1.165) is 45.5 Å². The smallest absolute Gasteiger partial charge is 0.251 e. The fourth-order valence-corrected chi connectivity index (χ4v) is 3.80. The first kappa shape index (κ1) is 12.8. The number of hydrogen-bond donors (Lipinski definition) is 0. The topological polar surface area (TPSA) is 43.7 Å². The molecule has 1 aliphatic carbocycles. The van der Waals surface area contributed by atoms with Gasteiger partial charge in [0.1, 0.15) is 0 Å². The Labute approximate surface area is 126 Å². The molecule has 0 amide bonds. The predicted molar refractivity (Wildman–Crippen MR) is 81.0 cm³/mol. The van der Waals surface area contributed by atoms with E-state index in [-0.39, 0.29) is 7.43 Å². The zero-order valence-electron chi connectivity index (χ0n) is 10.8. The lowest BCUT2D eigenvalue weighted by molar-refractivity contribution is -0.0716. The molecule has 2 aliphatic heterocycles. The standard InChI is InChI=1S/C15H12N2O2S.CH4/c1-2-4-15(3-1)18-11-5-9-10(6-12(11)19-15)17-14(9)13-7-16-8-20-13;/h5-8H,1-4H2;1H4. The van der Waals surface area contributed by atoms with Crippen molar-refractivity contribution in [3.05, 3.63) is 39.3 Å². The van der Waals surface area contributed by atoms with Crippen molar-refractivity contribution in [2.24, 2.45) is 4.99 Å². The molecule has 3 aliphatic rings. The van der Waals surface area contributed by atoms with Crippen LogP contribution in [0.5, 0.6) is 11.5 Å². The van der Waals surface area contributed by atoms with Crippen LogP contribution in [0.1, 0.15) is 38.0 Å². The van der Waals surface area contributed by atoms with Crippen LogP contribution in [-0.2, 0) is 0 Å². The van der Waals surface area contributed by atoms with Gasteiger partial charge in [-0.25, -0.2) is 4.99 Å². The van der Waals surface area contributed by atoms with Crippen LogP contribution in [0.15, 0.2) is 28.8 Å². The van der Waals surface area contributed by atoms with E-state index >= 15 is 0 Å². The quantitative estimate of drug-likeness (QED) is 0.813. The maximum absolute atomic E-state index is 6.10. The van der Waals surface area contributed by atoms with E-state index in [1.54, 1.807) is 11.3 Å². The molecule has 5 heteroatoms. The van der Waals surface area contributed by atoms with Gasteiger partial charge >= 0.3 is 0 Å². The molecular weight excluding hydrogens is 284 g/mol. The van der Waals surface area contributed by atoms with Gasteiger partial charge in [0.2, 0.25) is 0 Å². The van der Waals surface area contributed by atoms with E-state index < -0.39 is 5.79 Å². The SMILES string of the molecule is C.c1ncc(C2=c3cc4c(cc3=N2)OC2(CCCC2)O4)s1. The highest BCUT2D eigenvalue weighted by Crippen LogP contribution is 2.45. The summed E-state index contributed by atoms with van der Waals surface area (Å²) in [7, 11) is 0. The number of benzene rings is 1. The van der Waals surface area contributed by atoms with E-state index in [4.69, 9.17) is 9.47 Å². The van der Waals surface area contributed by atoms with Crippen molar-refractivity contribution in [3.8, 4) is 11.5 Å². The molecule has 5 rings (SSSR count). The second kappa shape index (κ2) is 4.31. The summed E-state index contributed by atoms with van der Waals surface area (Å²) < 4.78 is 12.2. The minimum atomic E-state index is -0.396. The Morgan fingerprint density at radius 3 is 2.57 bits per heavy atom. The van der Waals surface area contributed by atoms with Crippen LogP contribution in [0.25, 0.3) is 5.70 Å². The summed E-state index contributed by atoms with van der Waals surface area (Å²) in [6.07, 6.45) is 6.17. The average molecular weight is 300 g/mol. The maximum atomic E-state index is 6.10. The van der Waals surface area contributed by atoms with Crippen LogP contribution in [-0.4, -0.2) is 10.8 Å². The third kappa shape index (κ3) is 1.73. The fourth-order valence-electron chi connectivity index (χ4n) is 3.18. The minimum absolute atomic E-state index is 0. The summed E-state index contributed by atoms with van der Waals surface area (Å²) in [5, 5.41) is 2.14. The Balaban J connectivity index is 0.00000115. The van der Waals surface area contributed by atoms with Gasteiger partial charge in [-0.3, -0.25) is 4.98 Å². The molecule has 0 saturated heterocycles. The van der Waals surface area contributed by atoms with Crippen LogP contribution in [0, 0.1) is 0 Å². The predicted octanol–water partition coefficient (Wildman–Crippen LogP) is 2.61. The van der Waals surface area contributed by atoms with Gasteiger partial charge in [0.25, 0.3) is 5.79 Å². The van der Waals surface area contributed by atoms with E-state index in [0.29, 0.717) is 0 Å². The van der Waals surface area contributed by atoms with E-state index in [9.17, 15) is 0 Å². The zero-order chi connectivity index (χ0) is 13.2. The molecule has 1 saturated carbocycles. The molecule has 1 aromatic carbocycles. The first-order valence-electron chi connectivity index (χ1n) is 6.87. The van der Waals surface area contributed by atoms with Gasteiger partial charge in [-0.15, -0.1) is 11.3 Å². The van der Waals surface area contributed by atoms with E-state index in [1.165, 1.54) is 12.8 Å². The molecule has 0 N–H and O–H groups in total. The lowest BCUT2D eigenvalue weighted by Crippen LogP contribution is -2.34. The molecule has 4 nitrogen and oxygen atoms in total. The Hall–Kier alpha value is -1.88. The van der Waals surface area contributed by atoms with Crippen molar-refractivity contribution < 1.29 is 9.47 Å². The highest BCUT2D eigenvalue weighted by molar-refractivity contribution is 7.10. The summed E-state index contributed by atoms with van der Waals surface area (Å²) in [4.78, 5) is 9.79. The van der Waals surface area contributed by atoms with Crippen LogP contribution in [0.2, 0.25) is 0 Å². The number of aromatic nitrogens is 1. The number of ether oxygens (including phenoxy) is 2. The number of hydrogen-bond acceptors (Lipinski definition) is 5. The van der Waals surface area contributed by atoms with E-state index in [1.807, 2.05) is 17.8 Å². The van der Waals surface area contributed by atoms with Gasteiger partial charge in [-0.1, -0.05) is 7.43 Å². The average Bonchev–Trinajstić information content (AvgIpc) is 3.14. The molecule has 0 bridgehead atoms. The lowest BCUT2D eigenvalue weighted by atomic mass is 10.1. The summed E-state index contributed by atoms with van der Waals surface area (Å²) in [6.45, 7) is 0. The lowest BCUT2D eigenvalue weighted by Gasteiger charge is -2.21. The largest absolute Gasteiger partial charge is 0.448 e. The summed E-state index contributed by atoms with van der Waals surface area (Å²) in [5.74, 6) is 1.31. The van der Waals surface area contributed by atoms with Crippen molar-refractivity contribution in [1.29, 1.82) is 0 Å². The highest BCUT2D eigenvalue weighted by Gasteiger charge is 2.44. The Morgan fingerprint density at radius 1 is 1.10 bits per heavy atom. The van der Waals surface area contributed by atoms with Gasteiger partial charge in [0.05, 0.1) is 21.4 Å². The molecule has 1 aromatic heterocycles. The molecule has 108 valence electrons. The number of thiazole rings is 1. The molecule has 1 fully saturated rings. The van der Waals surface area contributed by atoms with Gasteiger partial charge in [0, 0.05) is 30.3 Å². The van der Waals surface area contributed by atoms with E-state index in [2.05, 4.69) is 16.0 Å². The molecule has 0 atom stereocenters. The van der Waals surface area contributed by atoms with Crippen molar-refractivity contribution >= 4 is 17.0 Å². The van der Waals surface area contributed by atoms with Crippen LogP contribution < -0.4 is 20.0 Å². The van der Waals surface area contributed by atoms with Crippen LogP contribution in [0.3, 0.4) is 0 Å². The first-order valence-corrected chi connectivity index (χ1v) is 7.75. The molecule has 0 radical (unpaired) electrons. The fraction of sp³-hybridized carbons (Fsp3) is 0.375. The molecular formula is C16H16N2O2S. The number of fused-ring (bicyclic) bond motifs is 2. The van der Waals surface area contributed by atoms with Crippen molar-refractivity contribution in [3.63, 3.8) is 0 Å².